The molecule has 5 unspecified atom stereocenters. The van der Waals surface area contributed by atoms with E-state index in [1.807, 2.05) is 0 Å². The fourth-order valence-electron chi connectivity index (χ4n) is 6.04. The van der Waals surface area contributed by atoms with Gasteiger partial charge in [0.2, 0.25) is 0 Å². The van der Waals surface area contributed by atoms with Crippen LogP contribution in [0.2, 0.25) is 0 Å². The third kappa shape index (κ3) is 2.41. The second kappa shape index (κ2) is 5.35. The Morgan fingerprint density at radius 1 is 1.18 bits per heavy atom. The van der Waals surface area contributed by atoms with Gasteiger partial charge in [-0.15, -0.1) is 0 Å². The Morgan fingerprint density at radius 2 is 1.95 bits per heavy atom. The van der Waals surface area contributed by atoms with Gasteiger partial charge in [-0.1, -0.05) is 43.6 Å². The molecule has 120 valence electrons. The van der Waals surface area contributed by atoms with Crippen LogP contribution >= 0.6 is 0 Å². The minimum Gasteiger partial charge on any atom is -0.299 e. The van der Waals surface area contributed by atoms with Crippen LogP contribution in [0.5, 0.6) is 0 Å². The van der Waals surface area contributed by atoms with Crippen LogP contribution in [0.4, 0.5) is 0 Å². The first-order valence-corrected chi connectivity index (χ1v) is 9.46. The van der Waals surface area contributed by atoms with E-state index in [0.29, 0.717) is 23.0 Å². The smallest absolute Gasteiger partial charge is 0.137 e. The summed E-state index contributed by atoms with van der Waals surface area (Å²) in [4.78, 5) is 12.7. The van der Waals surface area contributed by atoms with E-state index in [9.17, 15) is 4.79 Å². The molecule has 22 heavy (non-hydrogen) atoms. The molecule has 4 aliphatic carbocycles. The number of carbonyl (C=O) groups is 1. The van der Waals surface area contributed by atoms with Crippen LogP contribution in [0.25, 0.3) is 0 Å². The quantitative estimate of drug-likeness (QED) is 0.630. The lowest BCUT2D eigenvalue weighted by Gasteiger charge is -2.33. The fourth-order valence-corrected chi connectivity index (χ4v) is 6.04. The Kier molecular flexibility index (Phi) is 3.58. The van der Waals surface area contributed by atoms with Crippen molar-refractivity contribution in [1.82, 2.24) is 0 Å². The van der Waals surface area contributed by atoms with Crippen LogP contribution in [0.3, 0.4) is 0 Å². The molecule has 3 saturated carbocycles. The van der Waals surface area contributed by atoms with Gasteiger partial charge in [-0.3, -0.25) is 4.79 Å². The zero-order valence-corrected chi connectivity index (χ0v) is 14.0. The minimum atomic E-state index is 0.343. The Hall–Kier alpha value is -0.850. The third-order valence-corrected chi connectivity index (χ3v) is 7.26. The van der Waals surface area contributed by atoms with Gasteiger partial charge in [0, 0.05) is 12.3 Å². The highest BCUT2D eigenvalue weighted by atomic mass is 16.1. The number of hydrogen-bond acceptors (Lipinski definition) is 1. The zero-order chi connectivity index (χ0) is 15.3. The van der Waals surface area contributed by atoms with Crippen LogP contribution in [-0.4, -0.2) is 5.78 Å². The van der Waals surface area contributed by atoms with Crippen LogP contribution in [0.15, 0.2) is 24.3 Å². The number of fused-ring (bicyclic) bond motifs is 1. The van der Waals surface area contributed by atoms with Crippen molar-refractivity contribution in [3.63, 3.8) is 0 Å². The number of allylic oxidation sites excluding steroid dienone is 3. The average molecular weight is 298 g/mol. The molecule has 1 heteroatoms. The number of carbonyl (C=O) groups excluding carboxylic acids is 1. The summed E-state index contributed by atoms with van der Waals surface area (Å²) in [6, 6.07) is 0. The number of ketones is 1. The van der Waals surface area contributed by atoms with E-state index in [-0.39, 0.29) is 0 Å². The maximum atomic E-state index is 12.7. The van der Waals surface area contributed by atoms with Crippen LogP contribution in [-0.2, 0) is 4.79 Å². The molecule has 0 aromatic carbocycles. The molecule has 0 aromatic heterocycles. The van der Waals surface area contributed by atoms with Crippen molar-refractivity contribution in [2.75, 3.05) is 0 Å². The molecular weight excluding hydrogens is 268 g/mol. The van der Waals surface area contributed by atoms with Crippen molar-refractivity contribution in [3.05, 3.63) is 24.3 Å². The van der Waals surface area contributed by atoms with E-state index in [1.165, 1.54) is 56.9 Å². The Morgan fingerprint density at radius 3 is 2.68 bits per heavy atom. The van der Waals surface area contributed by atoms with E-state index in [2.05, 4.69) is 25.7 Å². The zero-order valence-electron chi connectivity index (χ0n) is 14.0. The Bertz CT molecular complexity index is 508. The molecule has 0 amide bonds. The lowest BCUT2D eigenvalue weighted by Crippen LogP contribution is -2.21. The van der Waals surface area contributed by atoms with Crippen LogP contribution < -0.4 is 0 Å². The van der Waals surface area contributed by atoms with E-state index >= 15 is 0 Å². The molecule has 0 aromatic rings. The topological polar surface area (TPSA) is 17.1 Å². The molecule has 4 aliphatic rings. The second-order valence-corrected chi connectivity index (χ2v) is 8.75. The standard InChI is InChI=1S/C21H30O/c1-14(2)20-16-8-6-15(7-9-17(16)20)18-12-21(13-19(18)22)10-4-3-5-11-21/h6,8,15-18,20H,1,3-5,7,9-13H2,2H3. The van der Waals surface area contributed by atoms with Gasteiger partial charge >= 0.3 is 0 Å². The van der Waals surface area contributed by atoms with Gasteiger partial charge in [0.05, 0.1) is 0 Å². The molecular formula is C21H30O. The van der Waals surface area contributed by atoms with E-state index in [4.69, 9.17) is 0 Å². The monoisotopic (exact) mass is 298 g/mol. The highest BCUT2D eigenvalue weighted by Crippen LogP contribution is 2.58. The summed E-state index contributed by atoms with van der Waals surface area (Å²) in [6.07, 6.45) is 16.2. The summed E-state index contributed by atoms with van der Waals surface area (Å²) in [7, 11) is 0. The highest BCUT2D eigenvalue weighted by Gasteiger charge is 2.51. The first-order valence-electron chi connectivity index (χ1n) is 9.46. The van der Waals surface area contributed by atoms with Gasteiger partial charge < -0.3 is 0 Å². The first kappa shape index (κ1) is 14.7. The maximum absolute atomic E-state index is 12.7. The predicted octanol–water partition coefficient (Wildman–Crippen LogP) is 5.32. The van der Waals surface area contributed by atoms with E-state index in [0.717, 1.165) is 24.2 Å². The van der Waals surface area contributed by atoms with Gasteiger partial charge in [-0.25, -0.2) is 0 Å². The van der Waals surface area contributed by atoms with Crippen LogP contribution in [0, 0.1) is 35.0 Å². The largest absolute Gasteiger partial charge is 0.299 e. The lowest BCUT2D eigenvalue weighted by atomic mass is 9.71. The fraction of sp³-hybridized carbons (Fsp3) is 0.762. The van der Waals surface area contributed by atoms with Crippen LogP contribution in [0.1, 0.15) is 64.7 Å². The molecule has 1 spiro atoms. The highest BCUT2D eigenvalue weighted by molar-refractivity contribution is 5.84. The molecule has 4 rings (SSSR count). The Balaban J connectivity index is 1.45. The summed E-state index contributed by atoms with van der Waals surface area (Å²) in [5, 5.41) is 0. The molecule has 0 N–H and O–H groups in total. The van der Waals surface area contributed by atoms with Crippen molar-refractivity contribution in [2.45, 2.75) is 64.7 Å². The minimum absolute atomic E-state index is 0.343. The summed E-state index contributed by atoms with van der Waals surface area (Å²) in [6.45, 7) is 6.33. The molecule has 0 bridgehead atoms. The maximum Gasteiger partial charge on any atom is 0.137 e. The summed E-state index contributed by atoms with van der Waals surface area (Å²) in [5.74, 6) is 3.77. The van der Waals surface area contributed by atoms with Gasteiger partial charge in [0.15, 0.2) is 0 Å². The van der Waals surface area contributed by atoms with Gasteiger partial charge in [0.1, 0.15) is 5.78 Å². The number of hydrogen-bond donors (Lipinski definition) is 0. The molecule has 1 nitrogen and oxygen atoms in total. The van der Waals surface area contributed by atoms with E-state index in [1.54, 1.807) is 0 Å². The van der Waals surface area contributed by atoms with Crippen molar-refractivity contribution < 1.29 is 4.79 Å². The third-order valence-electron chi connectivity index (χ3n) is 7.26. The molecule has 5 atom stereocenters. The van der Waals surface area contributed by atoms with Crippen molar-refractivity contribution in [3.8, 4) is 0 Å². The summed E-state index contributed by atoms with van der Waals surface area (Å²) >= 11 is 0. The summed E-state index contributed by atoms with van der Waals surface area (Å²) < 4.78 is 0. The van der Waals surface area contributed by atoms with Gasteiger partial charge in [-0.2, -0.15) is 0 Å². The second-order valence-electron chi connectivity index (χ2n) is 8.75. The normalized spacial score (nSPS) is 43.0. The van der Waals surface area contributed by atoms with Crippen molar-refractivity contribution in [1.29, 1.82) is 0 Å². The first-order chi connectivity index (χ1) is 10.6. The van der Waals surface area contributed by atoms with E-state index < -0.39 is 0 Å². The Labute approximate surface area is 135 Å². The molecule has 0 heterocycles. The molecule has 0 saturated heterocycles. The predicted molar refractivity (Wildman–Crippen MR) is 90.4 cm³/mol. The molecule has 0 aliphatic heterocycles. The van der Waals surface area contributed by atoms with Crippen molar-refractivity contribution in [2.24, 2.45) is 35.0 Å². The summed E-state index contributed by atoms with van der Waals surface area (Å²) in [5.41, 5.74) is 1.76. The van der Waals surface area contributed by atoms with Gasteiger partial charge in [-0.05, 0) is 68.1 Å². The number of rotatable bonds is 2. The SMILES string of the molecule is C=C(C)C1C2C=CC(C3CC4(CCCCC4)CC3=O)CCC21. The average Bonchev–Trinajstić information content (AvgIpc) is 3.14. The van der Waals surface area contributed by atoms with Crippen molar-refractivity contribution >= 4 is 5.78 Å². The lowest BCUT2D eigenvalue weighted by molar-refractivity contribution is -0.122. The molecule has 0 radical (unpaired) electrons. The van der Waals surface area contributed by atoms with Gasteiger partial charge in [0.25, 0.3) is 0 Å². The molecule has 3 fully saturated rings. The number of Topliss-reactive ketones (excluding diaryl/α,β-unsaturated/α-hetero) is 1.